The maximum atomic E-state index is 14.7. The van der Waals surface area contributed by atoms with Crippen molar-refractivity contribution in [3.8, 4) is 11.5 Å². The van der Waals surface area contributed by atoms with Crippen molar-refractivity contribution in [3.05, 3.63) is 147 Å². The van der Waals surface area contributed by atoms with Gasteiger partial charge in [0.05, 0.1) is 45.8 Å². The maximum Gasteiger partial charge on any atom is 0.293 e. The summed E-state index contributed by atoms with van der Waals surface area (Å²) in [5, 5.41) is 25.9. The van der Waals surface area contributed by atoms with Gasteiger partial charge in [-0.25, -0.2) is 22.5 Å². The van der Waals surface area contributed by atoms with Crippen molar-refractivity contribution < 1.29 is 37.1 Å². The quantitative estimate of drug-likeness (QED) is 0.0529. The number of piperazine rings is 1. The Morgan fingerprint density at radius 2 is 1.77 bits per heavy atom. The number of anilines is 2. The fourth-order valence-corrected chi connectivity index (χ4v) is 13.1. The summed E-state index contributed by atoms with van der Waals surface area (Å²) in [5.41, 5.74) is 5.48. The average molecular weight is 1040 g/mol. The summed E-state index contributed by atoms with van der Waals surface area (Å²) in [6, 6.07) is 28.6. The first-order valence-corrected chi connectivity index (χ1v) is 27.7. The molecular weight excluding hydrogens is 976 g/mol. The lowest BCUT2D eigenvalue weighted by molar-refractivity contribution is -0.384. The number of halogens is 1. The number of hydrogen-bond acceptors (Lipinski definition) is 13. The van der Waals surface area contributed by atoms with Gasteiger partial charge in [-0.3, -0.25) is 24.7 Å². The van der Waals surface area contributed by atoms with Gasteiger partial charge in [-0.05, 0) is 110 Å². The van der Waals surface area contributed by atoms with E-state index in [-0.39, 0.29) is 45.5 Å². The van der Waals surface area contributed by atoms with Gasteiger partial charge >= 0.3 is 0 Å². The molecule has 0 bridgehead atoms. The number of H-pyrrole nitrogens is 1. The van der Waals surface area contributed by atoms with E-state index in [1.54, 1.807) is 19.1 Å². The highest BCUT2D eigenvalue weighted by molar-refractivity contribution is 7.90. The predicted octanol–water partition coefficient (Wildman–Crippen LogP) is 9.64. The Kier molecular flexibility index (Phi) is 13.7. The van der Waals surface area contributed by atoms with Crippen LogP contribution >= 0.6 is 0 Å². The van der Waals surface area contributed by atoms with Gasteiger partial charge in [0.2, 0.25) is 0 Å². The van der Waals surface area contributed by atoms with Crippen LogP contribution < -0.4 is 19.7 Å². The van der Waals surface area contributed by atoms with E-state index in [1.165, 1.54) is 58.9 Å². The van der Waals surface area contributed by atoms with Crippen LogP contribution in [0.15, 0.2) is 108 Å². The zero-order valence-electron chi connectivity index (χ0n) is 42.6. The second-order valence-electron chi connectivity index (χ2n) is 22.3. The van der Waals surface area contributed by atoms with E-state index in [0.29, 0.717) is 42.9 Å². The molecule has 1 unspecified atom stereocenters. The molecular formula is C57H65FN8O8S. The number of nitro benzene ring substituents is 1. The summed E-state index contributed by atoms with van der Waals surface area (Å²) in [6.45, 7) is 13.7. The zero-order valence-corrected chi connectivity index (χ0v) is 43.5. The molecule has 75 heavy (non-hydrogen) atoms. The van der Waals surface area contributed by atoms with E-state index in [0.717, 1.165) is 89.9 Å². The number of rotatable bonds is 16. The van der Waals surface area contributed by atoms with Crippen molar-refractivity contribution >= 4 is 44.0 Å². The zero-order chi connectivity index (χ0) is 52.2. The minimum atomic E-state index is -4.64. The molecule has 3 saturated heterocycles. The van der Waals surface area contributed by atoms with Crippen LogP contribution in [0.3, 0.4) is 0 Å². The topological polar surface area (TPSA) is 195 Å². The second-order valence-corrected chi connectivity index (χ2v) is 24.0. The maximum absolute atomic E-state index is 14.7. The normalized spacial score (nSPS) is 22.4. The molecule has 4 aromatic carbocycles. The molecule has 2 aliphatic carbocycles. The Bertz CT molecular complexity index is 3210. The van der Waals surface area contributed by atoms with Crippen LogP contribution in [0.25, 0.3) is 11.0 Å². The molecule has 5 aliphatic rings. The number of amides is 1. The first kappa shape index (κ1) is 50.7. The Morgan fingerprint density at radius 1 is 1.01 bits per heavy atom. The Morgan fingerprint density at radius 3 is 2.49 bits per heavy atom. The van der Waals surface area contributed by atoms with Crippen molar-refractivity contribution in [1.82, 2.24) is 24.5 Å². The molecule has 3 aliphatic heterocycles. The van der Waals surface area contributed by atoms with Crippen molar-refractivity contribution in [2.75, 3.05) is 62.7 Å². The molecule has 394 valence electrons. The summed E-state index contributed by atoms with van der Waals surface area (Å²) >= 11 is 0. The molecule has 2 saturated carbocycles. The van der Waals surface area contributed by atoms with Crippen LogP contribution in [-0.2, 0) is 21.3 Å². The van der Waals surface area contributed by atoms with Gasteiger partial charge in [0.15, 0.2) is 0 Å². The van der Waals surface area contributed by atoms with Crippen LogP contribution in [0, 0.1) is 27.3 Å². The van der Waals surface area contributed by atoms with Gasteiger partial charge < -0.3 is 29.8 Å². The third kappa shape index (κ3) is 10.6. The molecule has 16 nitrogen and oxygen atoms in total. The van der Waals surface area contributed by atoms with E-state index in [1.807, 2.05) is 0 Å². The van der Waals surface area contributed by atoms with Gasteiger partial charge in [0, 0.05) is 93.2 Å². The highest BCUT2D eigenvalue weighted by Gasteiger charge is 2.55. The number of nitro groups is 1. The van der Waals surface area contributed by atoms with E-state index in [2.05, 4.69) is 97.1 Å². The van der Waals surface area contributed by atoms with Gasteiger partial charge in [-0.15, -0.1) is 0 Å². The Balaban J connectivity index is 0.788. The number of aromatic amines is 1. The number of nitrogens with one attached hydrogen (secondary N) is 3. The predicted molar refractivity (Wildman–Crippen MR) is 284 cm³/mol. The summed E-state index contributed by atoms with van der Waals surface area (Å²) in [7, 11) is -4.64. The van der Waals surface area contributed by atoms with Gasteiger partial charge in [0.1, 0.15) is 28.7 Å². The third-order valence-electron chi connectivity index (χ3n) is 16.6. The van der Waals surface area contributed by atoms with Crippen molar-refractivity contribution in [2.45, 2.75) is 100 Å². The number of nitrogens with zero attached hydrogens (tertiary/aromatic N) is 5. The first-order chi connectivity index (χ1) is 36.0. The molecule has 5 fully saturated rings. The molecule has 1 atom stereocenters. The smallest absolute Gasteiger partial charge is 0.293 e. The number of aromatic nitrogens is 2. The number of sulfonamides is 1. The summed E-state index contributed by atoms with van der Waals surface area (Å²) < 4.78 is 56.2. The van der Waals surface area contributed by atoms with Crippen molar-refractivity contribution in [1.29, 1.82) is 0 Å². The monoisotopic (exact) mass is 1040 g/mol. The third-order valence-corrected chi connectivity index (χ3v) is 17.9. The van der Waals surface area contributed by atoms with Crippen LogP contribution in [0.5, 0.6) is 11.5 Å². The number of hydrogen-bond donors (Lipinski definition) is 4. The number of ether oxygens (including phenoxy) is 2. The van der Waals surface area contributed by atoms with E-state index in [4.69, 9.17) is 9.47 Å². The molecule has 0 radical (unpaired) electrons. The highest BCUT2D eigenvalue weighted by Crippen LogP contribution is 2.54. The number of benzene rings is 4. The summed E-state index contributed by atoms with van der Waals surface area (Å²) in [4.78, 5) is 39.8. The molecule has 6 aromatic rings. The standard InChI is InChI=1S/C57H65FN8O8S/c1-36(2)45-6-4-5-7-46(45)52-31-63(30-38-8-10-39(11-9-38)40-32-73-33-40)20-21-65(52)42-25-57(26-42)34-64(35-57)41-12-14-47(53(22-41)74-43-23-48-49(58)29-61-54(48)60-28-43)55(67)62-75(71,72)44-13-15-50(51(24-44)66(69)70)59-27-37-16-18-56(3,68)19-17-37/h4-15,22-24,28-29,36-37,40,42,52,59,68H,16-21,25-27,30-35H2,1-3H3,(H,60,61)(H,62,67). The average Bonchev–Trinajstić information content (AvgIpc) is 3.72. The summed E-state index contributed by atoms with van der Waals surface area (Å²) in [5.74, 6) is -0.342. The minimum absolute atomic E-state index is 0.0212. The van der Waals surface area contributed by atoms with Crippen LogP contribution in [0.4, 0.5) is 21.5 Å². The first-order valence-electron chi connectivity index (χ1n) is 26.2. The number of fused-ring (bicyclic) bond motifs is 1. The van der Waals surface area contributed by atoms with Crippen LogP contribution in [0.1, 0.15) is 110 Å². The van der Waals surface area contributed by atoms with Crippen molar-refractivity contribution in [2.24, 2.45) is 11.3 Å². The van der Waals surface area contributed by atoms with Gasteiger partial charge in [-0.1, -0.05) is 62.4 Å². The van der Waals surface area contributed by atoms with Crippen molar-refractivity contribution in [3.63, 3.8) is 0 Å². The highest BCUT2D eigenvalue weighted by atomic mass is 32.2. The molecule has 5 heterocycles. The van der Waals surface area contributed by atoms with Crippen LogP contribution in [-0.4, -0.2) is 108 Å². The molecule has 4 N–H and O–H groups in total. The van der Waals surface area contributed by atoms with Gasteiger partial charge in [-0.2, -0.15) is 0 Å². The van der Waals surface area contributed by atoms with E-state index >= 15 is 0 Å². The van der Waals surface area contributed by atoms with E-state index in [9.17, 15) is 32.8 Å². The van der Waals surface area contributed by atoms with E-state index < -0.39 is 42.9 Å². The number of carbonyl (C=O) groups excluding carboxylic acids is 1. The largest absolute Gasteiger partial charge is 0.455 e. The molecule has 2 aromatic heterocycles. The lowest BCUT2D eigenvalue weighted by Gasteiger charge is -2.63. The molecule has 1 amide bonds. The lowest BCUT2D eigenvalue weighted by Crippen LogP contribution is -2.68. The number of carbonyl (C=O) groups is 1. The SMILES string of the molecule is CC(C)c1ccccc1C1CN(Cc2ccc(C3COC3)cc2)CCN1C1CC2(C1)CN(c1ccc(C(=O)NS(=O)(=O)c3ccc(NCC4CCC(C)(O)CC4)c([N+](=O)[O-])c3)c(Oc3cnc4[nH]cc(F)c4c3)c1)C2. The molecule has 18 heteroatoms. The van der Waals surface area contributed by atoms with Crippen LogP contribution in [0.2, 0.25) is 0 Å². The Hall–Kier alpha value is -6.44. The number of pyridine rings is 1. The molecule has 1 spiro atoms. The second kappa shape index (κ2) is 20.3. The fourth-order valence-electron chi connectivity index (χ4n) is 12.1. The Labute approximate surface area is 436 Å². The minimum Gasteiger partial charge on any atom is -0.455 e. The van der Waals surface area contributed by atoms with Gasteiger partial charge in [0.25, 0.3) is 21.6 Å². The lowest BCUT2D eigenvalue weighted by atomic mass is 9.59. The fraction of sp³-hybridized carbons (Fsp3) is 0.439. The molecule has 11 rings (SSSR count). The number of aliphatic hydroxyl groups is 1. The summed E-state index contributed by atoms with van der Waals surface area (Å²) in [6.07, 6.45) is 7.39.